The highest BCUT2D eigenvalue weighted by molar-refractivity contribution is 7.89. The summed E-state index contributed by atoms with van der Waals surface area (Å²) in [6.07, 6.45) is 2.22. The standard InChI is InChI=1S/C26H28N6O5S/c1-37-21-6-2-3-7-22(21)38(35,36)29-15-17-8-10-18(11-9-17)24-23-20(12-13-28-25(23)27)32(30-24)19-5-4-14-31(16-19)26(33)34/h2-3,6-13,19,29H,4-5,14-16H2,1H3,(H2,27,28)(H,33,34)/t19-/m1/s1. The number of pyridine rings is 1. The maximum Gasteiger partial charge on any atom is 0.407 e. The van der Waals surface area contributed by atoms with Gasteiger partial charge in [-0.1, -0.05) is 36.4 Å². The number of hydrogen-bond acceptors (Lipinski definition) is 7. The summed E-state index contributed by atoms with van der Waals surface area (Å²) >= 11 is 0. The minimum atomic E-state index is -3.78. The number of nitrogens with two attached hydrogens (primary N) is 1. The minimum absolute atomic E-state index is 0.0725. The first-order valence-corrected chi connectivity index (χ1v) is 13.6. The number of amides is 1. The quantitative estimate of drug-likeness (QED) is 0.325. The summed E-state index contributed by atoms with van der Waals surface area (Å²) in [5, 5.41) is 15.0. The van der Waals surface area contributed by atoms with Crippen LogP contribution in [0.3, 0.4) is 0 Å². The van der Waals surface area contributed by atoms with Crippen LogP contribution in [0.5, 0.6) is 5.75 Å². The third-order valence-electron chi connectivity index (χ3n) is 6.71. The lowest BCUT2D eigenvalue weighted by Gasteiger charge is -2.31. The summed E-state index contributed by atoms with van der Waals surface area (Å²) in [4.78, 5) is 17.3. The Hall–Kier alpha value is -4.16. The largest absolute Gasteiger partial charge is 0.495 e. The lowest BCUT2D eigenvalue weighted by atomic mass is 10.1. The molecule has 4 N–H and O–H groups in total. The van der Waals surface area contributed by atoms with Crippen LogP contribution in [-0.2, 0) is 16.6 Å². The molecule has 1 fully saturated rings. The molecular weight excluding hydrogens is 508 g/mol. The molecule has 12 heteroatoms. The summed E-state index contributed by atoms with van der Waals surface area (Å²) in [7, 11) is -2.35. The second-order valence-electron chi connectivity index (χ2n) is 9.08. The van der Waals surface area contributed by atoms with Crippen molar-refractivity contribution in [3.05, 3.63) is 66.4 Å². The Kier molecular flexibility index (Phi) is 6.91. The molecule has 3 heterocycles. The molecule has 2 aromatic carbocycles. The summed E-state index contributed by atoms with van der Waals surface area (Å²) < 4.78 is 35.3. The molecule has 2 aromatic heterocycles. The Bertz CT molecular complexity index is 1590. The number of carboxylic acid groups (broad SMARTS) is 1. The van der Waals surface area contributed by atoms with Crippen LogP contribution in [0.25, 0.3) is 22.2 Å². The fourth-order valence-electron chi connectivity index (χ4n) is 4.80. The number of para-hydroxylation sites is 1. The topological polar surface area (TPSA) is 153 Å². The van der Waals surface area contributed by atoms with Crippen molar-refractivity contribution in [2.75, 3.05) is 25.9 Å². The van der Waals surface area contributed by atoms with Gasteiger partial charge in [0.1, 0.15) is 22.2 Å². The number of piperidine rings is 1. The molecule has 0 aliphatic carbocycles. The number of rotatable bonds is 7. The van der Waals surface area contributed by atoms with Crippen LogP contribution in [0.15, 0.2) is 65.7 Å². The monoisotopic (exact) mass is 536 g/mol. The molecular formula is C26H28N6O5S. The fourth-order valence-corrected chi connectivity index (χ4v) is 5.98. The van der Waals surface area contributed by atoms with Gasteiger partial charge < -0.3 is 20.5 Å². The SMILES string of the molecule is COc1ccccc1S(=O)(=O)NCc1ccc(-c2nn([C@@H]3CCCN(C(=O)O)C3)c3ccnc(N)c23)cc1. The number of carbonyl (C=O) groups is 1. The Labute approximate surface area is 219 Å². The van der Waals surface area contributed by atoms with E-state index in [0.29, 0.717) is 30.0 Å². The van der Waals surface area contributed by atoms with Crippen LogP contribution in [0.4, 0.5) is 10.6 Å². The van der Waals surface area contributed by atoms with Gasteiger partial charge in [-0.3, -0.25) is 4.68 Å². The van der Waals surface area contributed by atoms with Gasteiger partial charge in [-0.25, -0.2) is 22.9 Å². The zero-order valence-corrected chi connectivity index (χ0v) is 21.6. The van der Waals surface area contributed by atoms with Crippen molar-refractivity contribution in [1.82, 2.24) is 24.4 Å². The lowest BCUT2D eigenvalue weighted by molar-refractivity contribution is 0.120. The van der Waals surface area contributed by atoms with Crippen LogP contribution in [0.1, 0.15) is 24.4 Å². The van der Waals surface area contributed by atoms with Crippen molar-refractivity contribution in [2.45, 2.75) is 30.3 Å². The van der Waals surface area contributed by atoms with E-state index in [0.717, 1.165) is 29.5 Å². The second kappa shape index (κ2) is 10.3. The summed E-state index contributed by atoms with van der Waals surface area (Å²) in [6.45, 7) is 0.940. The van der Waals surface area contributed by atoms with Crippen molar-refractivity contribution >= 4 is 32.8 Å². The van der Waals surface area contributed by atoms with E-state index in [-0.39, 0.29) is 23.2 Å². The molecule has 1 amide bonds. The van der Waals surface area contributed by atoms with E-state index in [1.54, 1.807) is 24.4 Å². The molecule has 1 aliphatic rings. The van der Waals surface area contributed by atoms with E-state index in [1.165, 1.54) is 18.1 Å². The molecule has 4 aromatic rings. The van der Waals surface area contributed by atoms with Crippen molar-refractivity contribution in [2.24, 2.45) is 0 Å². The summed E-state index contributed by atoms with van der Waals surface area (Å²) in [6, 6.07) is 15.5. The number of nitrogens with zero attached hydrogens (tertiary/aromatic N) is 4. The Balaban J connectivity index is 1.41. The fraction of sp³-hybridized carbons (Fsp3) is 0.269. The van der Waals surface area contributed by atoms with E-state index >= 15 is 0 Å². The number of anilines is 1. The van der Waals surface area contributed by atoms with E-state index in [4.69, 9.17) is 15.6 Å². The highest BCUT2D eigenvalue weighted by atomic mass is 32.2. The lowest BCUT2D eigenvalue weighted by Crippen LogP contribution is -2.40. The zero-order chi connectivity index (χ0) is 26.9. The molecule has 1 atom stereocenters. The van der Waals surface area contributed by atoms with Crippen LogP contribution in [0, 0.1) is 0 Å². The number of ether oxygens (including phenoxy) is 1. The van der Waals surface area contributed by atoms with Crippen LogP contribution in [-0.4, -0.2) is 59.5 Å². The normalized spacial score (nSPS) is 16.0. The van der Waals surface area contributed by atoms with Gasteiger partial charge in [-0.05, 0) is 36.6 Å². The maximum atomic E-state index is 12.8. The third-order valence-corrected chi connectivity index (χ3v) is 8.16. The van der Waals surface area contributed by atoms with Gasteiger partial charge in [0.05, 0.1) is 24.1 Å². The number of nitrogens with one attached hydrogen (secondary N) is 1. The number of nitrogen functional groups attached to an aromatic ring is 1. The molecule has 1 saturated heterocycles. The number of benzene rings is 2. The van der Waals surface area contributed by atoms with E-state index in [1.807, 2.05) is 35.0 Å². The van der Waals surface area contributed by atoms with E-state index in [9.17, 15) is 18.3 Å². The Morgan fingerprint density at radius 2 is 1.95 bits per heavy atom. The van der Waals surface area contributed by atoms with Gasteiger partial charge in [-0.2, -0.15) is 5.10 Å². The molecule has 0 radical (unpaired) electrons. The average molecular weight is 537 g/mol. The molecule has 1 aliphatic heterocycles. The second-order valence-corrected chi connectivity index (χ2v) is 10.8. The van der Waals surface area contributed by atoms with Crippen molar-refractivity contribution < 1.29 is 23.1 Å². The molecule has 11 nitrogen and oxygen atoms in total. The smallest absolute Gasteiger partial charge is 0.407 e. The number of aromatic nitrogens is 3. The van der Waals surface area contributed by atoms with Crippen LogP contribution < -0.4 is 15.2 Å². The van der Waals surface area contributed by atoms with E-state index in [2.05, 4.69) is 9.71 Å². The molecule has 5 rings (SSSR count). The third kappa shape index (κ3) is 4.87. The number of fused-ring (bicyclic) bond motifs is 1. The molecule has 198 valence electrons. The summed E-state index contributed by atoms with van der Waals surface area (Å²) in [5.74, 6) is 0.608. The first-order valence-electron chi connectivity index (χ1n) is 12.1. The van der Waals surface area contributed by atoms with Crippen LogP contribution in [0.2, 0.25) is 0 Å². The number of likely N-dealkylation sites (tertiary alicyclic amines) is 1. The van der Waals surface area contributed by atoms with Crippen LogP contribution >= 0.6 is 0 Å². The van der Waals surface area contributed by atoms with E-state index < -0.39 is 16.1 Å². The van der Waals surface area contributed by atoms with Gasteiger partial charge >= 0.3 is 6.09 Å². The molecule has 0 saturated carbocycles. The van der Waals surface area contributed by atoms with Gasteiger partial charge in [0.25, 0.3) is 0 Å². The average Bonchev–Trinajstić information content (AvgIpc) is 3.33. The predicted octanol–water partition coefficient (Wildman–Crippen LogP) is 3.48. The first-order chi connectivity index (χ1) is 18.3. The van der Waals surface area contributed by atoms with Gasteiger partial charge in [-0.15, -0.1) is 0 Å². The molecule has 38 heavy (non-hydrogen) atoms. The zero-order valence-electron chi connectivity index (χ0n) is 20.7. The number of methoxy groups -OCH3 is 1. The predicted molar refractivity (Wildman–Crippen MR) is 142 cm³/mol. The minimum Gasteiger partial charge on any atom is -0.495 e. The Morgan fingerprint density at radius 3 is 2.68 bits per heavy atom. The van der Waals surface area contributed by atoms with Crippen molar-refractivity contribution in [3.63, 3.8) is 0 Å². The van der Waals surface area contributed by atoms with Gasteiger partial charge in [0, 0.05) is 31.4 Å². The highest BCUT2D eigenvalue weighted by Gasteiger charge is 2.28. The van der Waals surface area contributed by atoms with Crippen molar-refractivity contribution in [3.8, 4) is 17.0 Å². The van der Waals surface area contributed by atoms with Crippen molar-refractivity contribution in [1.29, 1.82) is 0 Å². The number of sulfonamides is 1. The number of hydrogen-bond donors (Lipinski definition) is 3. The molecule has 0 bridgehead atoms. The summed E-state index contributed by atoms with van der Waals surface area (Å²) in [5.41, 5.74) is 9.23. The van der Waals surface area contributed by atoms with Gasteiger partial charge in [0.2, 0.25) is 10.0 Å². The Morgan fingerprint density at radius 1 is 1.18 bits per heavy atom. The highest BCUT2D eigenvalue weighted by Crippen LogP contribution is 2.35. The van der Waals surface area contributed by atoms with Gasteiger partial charge in [0.15, 0.2) is 0 Å². The molecule has 0 unspecified atom stereocenters. The maximum absolute atomic E-state index is 12.8. The molecule has 0 spiro atoms. The first kappa shape index (κ1) is 25.5.